The molecule has 1 spiro atoms. The molecule has 1 aromatic carbocycles. The van der Waals surface area contributed by atoms with Crippen LogP contribution in [0.15, 0.2) is 24.3 Å². The monoisotopic (exact) mass is 464 g/mol. The summed E-state index contributed by atoms with van der Waals surface area (Å²) in [4.78, 5) is 28.0. The minimum Gasteiger partial charge on any atom is -0.497 e. The summed E-state index contributed by atoms with van der Waals surface area (Å²) in [6, 6.07) is 7.33. The maximum Gasteiger partial charge on any atom is 0.245 e. The maximum absolute atomic E-state index is 12.9. The standard InChI is InChI=1S/C22H32N4O3S2/c1-29-18-5-3-4-17(14-18)24-21(30)25-10-7-22(8-11-25)9-12-26(15-22)20(28)19(23-16-27)6-13-31-2/h3-5,14,16,19H,6-13,15H2,1-2H3,(H,23,27)(H,24,30). The molecule has 2 heterocycles. The van der Waals surface area contributed by atoms with Gasteiger partial charge in [-0.05, 0) is 67.5 Å². The second kappa shape index (κ2) is 11.0. The van der Waals surface area contributed by atoms with Crippen molar-refractivity contribution in [1.29, 1.82) is 0 Å². The van der Waals surface area contributed by atoms with Crippen LogP contribution in [0.5, 0.6) is 5.75 Å². The number of nitrogens with one attached hydrogen (secondary N) is 2. The molecular formula is C22H32N4O3S2. The van der Waals surface area contributed by atoms with Crippen molar-refractivity contribution in [2.45, 2.75) is 31.7 Å². The smallest absolute Gasteiger partial charge is 0.245 e. The number of hydrogen-bond donors (Lipinski definition) is 2. The number of rotatable bonds is 8. The van der Waals surface area contributed by atoms with Crippen LogP contribution in [0.2, 0.25) is 0 Å². The van der Waals surface area contributed by atoms with E-state index >= 15 is 0 Å². The highest BCUT2D eigenvalue weighted by atomic mass is 32.2. The number of methoxy groups -OCH3 is 1. The minimum absolute atomic E-state index is 0.0515. The Morgan fingerprint density at radius 1 is 1.29 bits per heavy atom. The molecule has 0 radical (unpaired) electrons. The summed E-state index contributed by atoms with van der Waals surface area (Å²) in [5, 5.41) is 6.74. The zero-order valence-corrected chi connectivity index (χ0v) is 19.9. The Labute approximate surface area is 194 Å². The van der Waals surface area contributed by atoms with Gasteiger partial charge in [-0.25, -0.2) is 0 Å². The Morgan fingerprint density at radius 2 is 2.00 bits per heavy atom. The van der Waals surface area contributed by atoms with Gasteiger partial charge >= 0.3 is 0 Å². The van der Waals surface area contributed by atoms with Gasteiger partial charge in [-0.3, -0.25) is 9.59 Å². The molecule has 0 aromatic heterocycles. The number of benzene rings is 1. The molecule has 0 aliphatic carbocycles. The average Bonchev–Trinajstić information content (AvgIpc) is 3.20. The van der Waals surface area contributed by atoms with Crippen molar-refractivity contribution < 1.29 is 14.3 Å². The molecule has 2 amide bonds. The first-order chi connectivity index (χ1) is 15.0. The van der Waals surface area contributed by atoms with Gasteiger partial charge in [-0.2, -0.15) is 11.8 Å². The van der Waals surface area contributed by atoms with Gasteiger partial charge in [-0.1, -0.05) is 6.07 Å². The fraction of sp³-hybridized carbons (Fsp3) is 0.591. The zero-order valence-electron chi connectivity index (χ0n) is 18.3. The summed E-state index contributed by atoms with van der Waals surface area (Å²) >= 11 is 7.32. The van der Waals surface area contributed by atoms with Gasteiger partial charge in [-0.15, -0.1) is 0 Å². The molecule has 1 aromatic rings. The molecule has 170 valence electrons. The third-order valence-electron chi connectivity index (χ3n) is 6.36. The molecule has 31 heavy (non-hydrogen) atoms. The maximum atomic E-state index is 12.9. The summed E-state index contributed by atoms with van der Waals surface area (Å²) in [6.07, 6.45) is 6.35. The number of thiocarbonyl (C=S) groups is 1. The van der Waals surface area contributed by atoms with E-state index in [1.807, 2.05) is 35.4 Å². The third kappa shape index (κ3) is 6.04. The van der Waals surface area contributed by atoms with Crippen molar-refractivity contribution in [3.8, 4) is 5.75 Å². The molecule has 9 heteroatoms. The molecule has 0 bridgehead atoms. The van der Waals surface area contributed by atoms with E-state index in [1.165, 1.54) is 0 Å². The van der Waals surface area contributed by atoms with Crippen LogP contribution in [-0.4, -0.2) is 78.6 Å². The van der Waals surface area contributed by atoms with Gasteiger partial charge in [0.1, 0.15) is 11.8 Å². The van der Waals surface area contributed by atoms with E-state index in [-0.39, 0.29) is 11.3 Å². The lowest BCUT2D eigenvalue weighted by atomic mass is 9.78. The van der Waals surface area contributed by atoms with Crippen LogP contribution in [0.25, 0.3) is 0 Å². The van der Waals surface area contributed by atoms with E-state index in [4.69, 9.17) is 17.0 Å². The van der Waals surface area contributed by atoms with Gasteiger partial charge < -0.3 is 25.2 Å². The second-order valence-electron chi connectivity index (χ2n) is 8.28. The normalized spacial score (nSPS) is 18.5. The Morgan fingerprint density at radius 3 is 2.65 bits per heavy atom. The fourth-order valence-corrected chi connectivity index (χ4v) is 5.21. The van der Waals surface area contributed by atoms with Gasteiger partial charge in [0, 0.05) is 37.9 Å². The molecule has 2 aliphatic rings. The fourth-order valence-electron chi connectivity index (χ4n) is 4.44. The molecular weight excluding hydrogens is 432 g/mol. The molecule has 1 unspecified atom stereocenters. The lowest BCUT2D eigenvalue weighted by Crippen LogP contribution is -2.48. The molecule has 1 atom stereocenters. The van der Waals surface area contributed by atoms with Crippen LogP contribution < -0.4 is 15.4 Å². The predicted octanol–water partition coefficient (Wildman–Crippen LogP) is 2.57. The molecule has 3 rings (SSSR count). The summed E-state index contributed by atoms with van der Waals surface area (Å²) in [5.41, 5.74) is 1.07. The number of ether oxygens (including phenoxy) is 1. The number of hydrogen-bond acceptors (Lipinski definition) is 5. The molecule has 0 saturated carbocycles. The Kier molecular flexibility index (Phi) is 8.43. The van der Waals surface area contributed by atoms with Crippen LogP contribution in [0.1, 0.15) is 25.7 Å². The predicted molar refractivity (Wildman–Crippen MR) is 130 cm³/mol. The Balaban J connectivity index is 1.52. The van der Waals surface area contributed by atoms with Crippen LogP contribution in [0, 0.1) is 5.41 Å². The van der Waals surface area contributed by atoms with Crippen LogP contribution >= 0.6 is 24.0 Å². The number of carbonyl (C=O) groups excluding carboxylic acids is 2. The highest BCUT2D eigenvalue weighted by Crippen LogP contribution is 2.40. The molecule has 2 N–H and O–H groups in total. The highest BCUT2D eigenvalue weighted by Gasteiger charge is 2.43. The molecule has 2 fully saturated rings. The number of amides is 2. The zero-order chi connectivity index (χ0) is 22.3. The molecule has 2 saturated heterocycles. The summed E-state index contributed by atoms with van der Waals surface area (Å²) in [6.45, 7) is 3.29. The number of likely N-dealkylation sites (tertiary alicyclic amines) is 2. The largest absolute Gasteiger partial charge is 0.497 e. The SMILES string of the molecule is COc1cccc(NC(=S)N2CCC3(CCN(C(=O)C(CCSC)NC=O)C3)CC2)c1. The first kappa shape index (κ1) is 23.7. The van der Waals surface area contributed by atoms with Crippen molar-refractivity contribution in [2.75, 3.05) is 50.6 Å². The van der Waals surface area contributed by atoms with E-state index < -0.39 is 6.04 Å². The number of carbonyl (C=O) groups is 2. The average molecular weight is 465 g/mol. The van der Waals surface area contributed by atoms with Gasteiger partial charge in [0.2, 0.25) is 12.3 Å². The highest BCUT2D eigenvalue weighted by molar-refractivity contribution is 7.98. The van der Waals surface area contributed by atoms with Crippen molar-refractivity contribution in [2.24, 2.45) is 5.41 Å². The van der Waals surface area contributed by atoms with E-state index in [9.17, 15) is 9.59 Å². The van der Waals surface area contributed by atoms with E-state index in [0.717, 1.165) is 67.7 Å². The van der Waals surface area contributed by atoms with Crippen LogP contribution in [-0.2, 0) is 9.59 Å². The van der Waals surface area contributed by atoms with E-state index in [2.05, 4.69) is 15.5 Å². The quantitative estimate of drug-likeness (QED) is 0.452. The van der Waals surface area contributed by atoms with E-state index in [0.29, 0.717) is 12.8 Å². The Bertz CT molecular complexity index is 784. The first-order valence-corrected chi connectivity index (χ1v) is 12.5. The number of anilines is 1. The van der Waals surface area contributed by atoms with E-state index in [1.54, 1.807) is 18.9 Å². The topological polar surface area (TPSA) is 73.9 Å². The number of nitrogens with zero attached hydrogens (tertiary/aromatic N) is 2. The Hall–Kier alpha value is -2.00. The van der Waals surface area contributed by atoms with Crippen molar-refractivity contribution in [3.63, 3.8) is 0 Å². The first-order valence-electron chi connectivity index (χ1n) is 10.7. The third-order valence-corrected chi connectivity index (χ3v) is 7.36. The van der Waals surface area contributed by atoms with Crippen molar-refractivity contribution in [1.82, 2.24) is 15.1 Å². The molecule has 2 aliphatic heterocycles. The van der Waals surface area contributed by atoms with Gasteiger partial charge in [0.15, 0.2) is 5.11 Å². The summed E-state index contributed by atoms with van der Waals surface area (Å²) in [7, 11) is 1.65. The van der Waals surface area contributed by atoms with Crippen molar-refractivity contribution >= 4 is 47.1 Å². The summed E-state index contributed by atoms with van der Waals surface area (Å²) < 4.78 is 5.27. The van der Waals surface area contributed by atoms with Crippen molar-refractivity contribution in [3.05, 3.63) is 24.3 Å². The number of piperidine rings is 1. The summed E-state index contributed by atoms with van der Waals surface area (Å²) in [5.74, 6) is 1.69. The second-order valence-corrected chi connectivity index (χ2v) is 9.65. The minimum atomic E-state index is -0.417. The molecule has 7 nitrogen and oxygen atoms in total. The lowest BCUT2D eigenvalue weighted by molar-refractivity contribution is -0.134. The van der Waals surface area contributed by atoms with Gasteiger partial charge in [0.25, 0.3) is 0 Å². The number of thioether (sulfide) groups is 1. The van der Waals surface area contributed by atoms with Crippen LogP contribution in [0.3, 0.4) is 0 Å². The van der Waals surface area contributed by atoms with Crippen LogP contribution in [0.4, 0.5) is 5.69 Å². The van der Waals surface area contributed by atoms with Gasteiger partial charge in [0.05, 0.1) is 7.11 Å². The lowest BCUT2D eigenvalue weighted by Gasteiger charge is -2.40.